The van der Waals surface area contributed by atoms with E-state index in [1.807, 2.05) is 97.1 Å². The van der Waals surface area contributed by atoms with Crippen molar-refractivity contribution < 1.29 is 57.0 Å². The second-order valence-electron chi connectivity index (χ2n) is 22.6. The number of hydrogen-bond acceptors (Lipinski definition) is 12. The normalized spacial score (nSPS) is 22.5. The minimum Gasteiger partial charge on any atom is -0.491 e. The van der Waals surface area contributed by atoms with Gasteiger partial charge in [0.2, 0.25) is 0 Å². The standard InChI is InChI=1S/C69H78O12/c1-5-9-15-39-67(38-10-6-2,49-22-26-51(27-23-49)69(63-19-14-12-17-61(63)65(71)81-69)52-28-32-54(33-29-52)72-40-56-41-74-56)79-47-58(76-43-57-42-75-57)44-73-55-34-30-53(31-35-55)68(62-18-13-11-16-60(62)64(70)80-68)50-24-20-48(21-25-50)66(36-7-3,37-8-4)78-46-59-45-77-59/h11-14,16-35,56-59H,5-10,15,36-47H2,1-4H3. The highest BCUT2D eigenvalue weighted by Gasteiger charge is 2.50. The number of carbonyl (C=O) groups is 2. The summed E-state index contributed by atoms with van der Waals surface area (Å²) in [4.78, 5) is 27.5. The van der Waals surface area contributed by atoms with Crippen molar-refractivity contribution in [2.45, 2.75) is 145 Å². The van der Waals surface area contributed by atoms with Crippen LogP contribution in [-0.4, -0.2) is 89.2 Å². The number of fused-ring (bicyclic) bond motifs is 2. The molecule has 7 unspecified atom stereocenters. The smallest absolute Gasteiger partial charge is 0.340 e. The summed E-state index contributed by atoms with van der Waals surface area (Å²) in [6, 6.07) is 48.1. The fourth-order valence-electron chi connectivity index (χ4n) is 12.2. The molecular weight excluding hydrogens is 1020 g/mol. The summed E-state index contributed by atoms with van der Waals surface area (Å²) in [5, 5.41) is 0. The van der Waals surface area contributed by atoms with Crippen LogP contribution in [0.3, 0.4) is 0 Å². The van der Waals surface area contributed by atoms with Crippen molar-refractivity contribution in [1.82, 2.24) is 0 Å². The van der Waals surface area contributed by atoms with Gasteiger partial charge >= 0.3 is 11.9 Å². The number of rotatable bonds is 32. The summed E-state index contributed by atoms with van der Waals surface area (Å²) in [5.74, 6) is 0.647. The van der Waals surface area contributed by atoms with Gasteiger partial charge in [-0.25, -0.2) is 9.59 Å². The van der Waals surface area contributed by atoms with E-state index >= 15 is 0 Å². The zero-order valence-corrected chi connectivity index (χ0v) is 47.5. The van der Waals surface area contributed by atoms with Gasteiger partial charge in [-0.3, -0.25) is 0 Å². The van der Waals surface area contributed by atoms with Crippen molar-refractivity contribution >= 4 is 11.9 Å². The third-order valence-corrected chi connectivity index (χ3v) is 16.8. The monoisotopic (exact) mass is 1100 g/mol. The largest absolute Gasteiger partial charge is 0.491 e. The molecule has 5 heterocycles. The topological polar surface area (TPSA) is 136 Å². The van der Waals surface area contributed by atoms with Crippen LogP contribution in [0.1, 0.15) is 164 Å². The second-order valence-corrected chi connectivity index (χ2v) is 22.6. The van der Waals surface area contributed by atoms with Crippen LogP contribution >= 0.6 is 0 Å². The predicted octanol–water partition coefficient (Wildman–Crippen LogP) is 13.4. The van der Waals surface area contributed by atoms with Crippen molar-refractivity contribution in [3.8, 4) is 11.5 Å². The van der Waals surface area contributed by atoms with Crippen molar-refractivity contribution in [3.05, 3.63) is 201 Å². The van der Waals surface area contributed by atoms with Crippen LogP contribution in [0.15, 0.2) is 146 Å². The Morgan fingerprint density at radius 2 is 0.889 bits per heavy atom. The van der Waals surface area contributed by atoms with Gasteiger partial charge in [0.1, 0.15) is 49.1 Å². The van der Waals surface area contributed by atoms with Gasteiger partial charge in [0.05, 0.1) is 62.0 Å². The number of ether oxygens (including phenoxy) is 10. The molecule has 0 radical (unpaired) electrons. The lowest BCUT2D eigenvalue weighted by atomic mass is 9.78. The molecule has 12 nitrogen and oxygen atoms in total. The van der Waals surface area contributed by atoms with E-state index in [4.69, 9.17) is 47.4 Å². The fraction of sp³-hybridized carbons (Fsp3) is 0.449. The van der Waals surface area contributed by atoms with Gasteiger partial charge in [0, 0.05) is 33.4 Å². The van der Waals surface area contributed by atoms with E-state index in [0.717, 1.165) is 127 Å². The van der Waals surface area contributed by atoms with Gasteiger partial charge in [-0.05, 0) is 73.2 Å². The molecule has 5 aliphatic rings. The summed E-state index contributed by atoms with van der Waals surface area (Å²) in [6.45, 7) is 13.0. The Bertz CT molecular complexity index is 3050. The maximum Gasteiger partial charge on any atom is 0.340 e. The number of unbranched alkanes of at least 4 members (excludes halogenated alkanes) is 3. The number of hydrogen-bond donors (Lipinski definition) is 0. The molecule has 0 aliphatic carbocycles. The highest BCUT2D eigenvalue weighted by molar-refractivity contribution is 5.97. The minimum absolute atomic E-state index is 0.0405. The van der Waals surface area contributed by atoms with Crippen LogP contribution in [0.25, 0.3) is 0 Å². The second kappa shape index (κ2) is 25.0. The van der Waals surface area contributed by atoms with E-state index in [0.29, 0.717) is 49.9 Å². The molecule has 0 saturated carbocycles. The lowest BCUT2D eigenvalue weighted by Gasteiger charge is -2.37. The first-order chi connectivity index (χ1) is 39.7. The molecule has 0 bridgehead atoms. The summed E-state index contributed by atoms with van der Waals surface area (Å²) in [5.41, 5.74) is 4.74. The SMILES string of the molecule is CCCCCC(CCCC)(OCC(COc1ccc(C2(c3ccc(C(CCC)(CCC)OCC4CO4)cc3)OC(=O)c3ccccc32)cc1)OCC1CO1)c1ccc(C2(c3ccc(OCC4CO4)cc3)OC(=O)c3ccccc32)cc1. The van der Waals surface area contributed by atoms with E-state index < -0.39 is 28.5 Å². The Morgan fingerprint density at radius 1 is 0.457 bits per heavy atom. The molecule has 5 aliphatic heterocycles. The fourth-order valence-corrected chi connectivity index (χ4v) is 12.2. The molecule has 3 fully saturated rings. The van der Waals surface area contributed by atoms with Gasteiger partial charge < -0.3 is 47.4 Å². The Morgan fingerprint density at radius 3 is 1.37 bits per heavy atom. The third kappa shape index (κ3) is 12.1. The lowest BCUT2D eigenvalue weighted by molar-refractivity contribution is -0.119. The van der Waals surface area contributed by atoms with Gasteiger partial charge in [-0.1, -0.05) is 182 Å². The summed E-state index contributed by atoms with van der Waals surface area (Å²) < 4.78 is 62.9. The number of esters is 2. The molecule has 426 valence electrons. The van der Waals surface area contributed by atoms with E-state index in [1.165, 1.54) is 0 Å². The Hall–Kier alpha value is -6.38. The maximum absolute atomic E-state index is 13.8. The zero-order valence-electron chi connectivity index (χ0n) is 47.5. The molecular formula is C69H78O12. The van der Waals surface area contributed by atoms with Crippen LogP contribution in [0.5, 0.6) is 11.5 Å². The quantitative estimate of drug-likeness (QED) is 0.0226. The van der Waals surface area contributed by atoms with Crippen LogP contribution in [0.2, 0.25) is 0 Å². The molecule has 11 rings (SSSR count). The van der Waals surface area contributed by atoms with Gasteiger partial charge in [0.15, 0.2) is 11.2 Å². The summed E-state index contributed by atoms with van der Waals surface area (Å²) in [7, 11) is 0. The molecule has 6 aromatic carbocycles. The maximum atomic E-state index is 13.8. The Labute approximate surface area is 477 Å². The minimum atomic E-state index is -1.19. The molecule has 0 spiro atoms. The molecule has 81 heavy (non-hydrogen) atoms. The molecule has 7 atom stereocenters. The number of epoxide rings is 3. The molecule has 0 N–H and O–H groups in total. The van der Waals surface area contributed by atoms with E-state index in [2.05, 4.69) is 76.2 Å². The van der Waals surface area contributed by atoms with Crippen molar-refractivity contribution in [2.75, 3.05) is 52.9 Å². The number of benzene rings is 6. The molecule has 12 heteroatoms. The average molecular weight is 1100 g/mol. The third-order valence-electron chi connectivity index (χ3n) is 16.8. The van der Waals surface area contributed by atoms with E-state index in [-0.39, 0.29) is 43.5 Å². The highest BCUT2D eigenvalue weighted by Crippen LogP contribution is 2.50. The zero-order chi connectivity index (χ0) is 55.9. The molecule has 6 aromatic rings. The number of cyclic esters (lactones) is 2. The summed E-state index contributed by atoms with van der Waals surface area (Å²) >= 11 is 0. The first-order valence-electron chi connectivity index (χ1n) is 29.7. The lowest BCUT2D eigenvalue weighted by Crippen LogP contribution is -2.37. The van der Waals surface area contributed by atoms with Crippen LogP contribution in [-0.2, 0) is 60.3 Å². The van der Waals surface area contributed by atoms with Crippen molar-refractivity contribution in [2.24, 2.45) is 0 Å². The predicted molar refractivity (Wildman–Crippen MR) is 308 cm³/mol. The van der Waals surface area contributed by atoms with E-state index in [1.54, 1.807) is 0 Å². The average Bonchev–Trinajstić information content (AvgIpc) is 4.39. The molecule has 0 aromatic heterocycles. The first kappa shape index (κ1) is 56.5. The van der Waals surface area contributed by atoms with Crippen LogP contribution in [0, 0.1) is 0 Å². The highest BCUT2D eigenvalue weighted by atomic mass is 16.6. The van der Waals surface area contributed by atoms with E-state index in [9.17, 15) is 9.59 Å². The van der Waals surface area contributed by atoms with Crippen molar-refractivity contribution in [1.29, 1.82) is 0 Å². The van der Waals surface area contributed by atoms with Crippen molar-refractivity contribution in [3.63, 3.8) is 0 Å². The Balaban J connectivity index is 0.853. The molecule has 0 amide bonds. The van der Waals surface area contributed by atoms with Gasteiger partial charge in [-0.2, -0.15) is 0 Å². The first-order valence-corrected chi connectivity index (χ1v) is 29.7. The number of carbonyl (C=O) groups excluding carboxylic acids is 2. The Kier molecular flexibility index (Phi) is 17.4. The summed E-state index contributed by atoms with van der Waals surface area (Å²) in [6.07, 6.45) is 10.3. The van der Waals surface area contributed by atoms with Gasteiger partial charge in [-0.15, -0.1) is 0 Å². The van der Waals surface area contributed by atoms with Crippen LogP contribution in [0.4, 0.5) is 0 Å². The van der Waals surface area contributed by atoms with Crippen LogP contribution < -0.4 is 9.47 Å². The molecule has 3 saturated heterocycles. The van der Waals surface area contributed by atoms with Gasteiger partial charge in [0.25, 0.3) is 0 Å².